The number of carboxylic acids is 1. The van der Waals surface area contributed by atoms with Crippen molar-refractivity contribution in [3.63, 3.8) is 0 Å². The van der Waals surface area contributed by atoms with Crippen LogP contribution in [-0.2, 0) is 14.3 Å². The largest absolute Gasteiger partial charge is 0.480 e. The Morgan fingerprint density at radius 1 is 1.50 bits per heavy atom. The van der Waals surface area contributed by atoms with E-state index < -0.39 is 12.0 Å². The molecule has 0 aromatic carbocycles. The summed E-state index contributed by atoms with van der Waals surface area (Å²) in [5, 5.41) is 11.3. The molecule has 0 fully saturated rings. The molecule has 0 spiro atoms. The molecule has 0 saturated heterocycles. The molecule has 0 rings (SSSR count). The third-order valence-electron chi connectivity index (χ3n) is 1.88. The number of hydrogen-bond acceptors (Lipinski definition) is 4. The first-order valence-corrected chi connectivity index (χ1v) is 6.36. The van der Waals surface area contributed by atoms with Gasteiger partial charge in [-0.15, -0.1) is 11.8 Å². The Hall–Kier alpha value is -0.750. The van der Waals surface area contributed by atoms with Gasteiger partial charge in [0.2, 0.25) is 5.91 Å². The number of carboxylic acid groups (broad SMARTS) is 1. The van der Waals surface area contributed by atoms with Crippen LogP contribution in [0.15, 0.2) is 0 Å². The van der Waals surface area contributed by atoms with Gasteiger partial charge in [0.1, 0.15) is 6.04 Å². The zero-order valence-electron chi connectivity index (χ0n) is 9.69. The first-order chi connectivity index (χ1) is 7.61. The maximum Gasteiger partial charge on any atom is 0.326 e. The maximum atomic E-state index is 11.4. The predicted molar refractivity (Wildman–Crippen MR) is 63.7 cm³/mol. The van der Waals surface area contributed by atoms with Crippen LogP contribution in [0.25, 0.3) is 0 Å². The lowest BCUT2D eigenvalue weighted by Gasteiger charge is -2.13. The molecule has 0 saturated carbocycles. The number of carbonyl (C=O) groups excluding carboxylic acids is 1. The fraction of sp³-hybridized carbons (Fsp3) is 0.800. The van der Waals surface area contributed by atoms with E-state index in [1.54, 1.807) is 7.11 Å². The number of carbonyl (C=O) groups is 2. The van der Waals surface area contributed by atoms with Crippen molar-refractivity contribution in [3.05, 3.63) is 0 Å². The number of hydrogen-bond donors (Lipinski definition) is 2. The molecule has 0 aliphatic heterocycles. The molecule has 2 N–H and O–H groups in total. The Balaban J connectivity index is 3.77. The minimum absolute atomic E-state index is 0.234. The Bertz CT molecular complexity index is 223. The van der Waals surface area contributed by atoms with Crippen molar-refractivity contribution in [2.75, 3.05) is 25.2 Å². The topological polar surface area (TPSA) is 75.6 Å². The van der Waals surface area contributed by atoms with E-state index in [-0.39, 0.29) is 11.7 Å². The lowest BCUT2D eigenvalue weighted by atomic mass is 10.2. The summed E-state index contributed by atoms with van der Waals surface area (Å²) in [5.74, 6) is -0.203. The van der Waals surface area contributed by atoms with E-state index in [1.807, 2.05) is 6.92 Å². The van der Waals surface area contributed by atoms with Gasteiger partial charge in [-0.05, 0) is 6.42 Å². The van der Waals surface area contributed by atoms with E-state index in [0.717, 1.165) is 12.2 Å². The van der Waals surface area contributed by atoms with Crippen molar-refractivity contribution in [2.45, 2.75) is 25.8 Å². The summed E-state index contributed by atoms with van der Waals surface area (Å²) in [5.41, 5.74) is 0. The minimum Gasteiger partial charge on any atom is -0.480 e. The van der Waals surface area contributed by atoms with Crippen molar-refractivity contribution < 1.29 is 19.4 Å². The molecule has 6 heteroatoms. The van der Waals surface area contributed by atoms with Crippen LogP contribution in [0.5, 0.6) is 0 Å². The van der Waals surface area contributed by atoms with Crippen molar-refractivity contribution in [1.82, 2.24) is 5.32 Å². The molecule has 0 aliphatic carbocycles. The van der Waals surface area contributed by atoms with Crippen LogP contribution in [0.4, 0.5) is 0 Å². The third-order valence-corrected chi connectivity index (χ3v) is 2.80. The highest BCUT2D eigenvalue weighted by Gasteiger charge is 2.18. The van der Waals surface area contributed by atoms with Crippen LogP contribution >= 0.6 is 11.8 Å². The second-order valence-electron chi connectivity index (χ2n) is 3.29. The SMILES string of the molecule is CCCC(NC(=O)CSCCOC)C(=O)O. The quantitative estimate of drug-likeness (QED) is 0.589. The number of nitrogens with one attached hydrogen (secondary N) is 1. The Morgan fingerprint density at radius 3 is 2.69 bits per heavy atom. The summed E-state index contributed by atoms with van der Waals surface area (Å²) >= 11 is 1.43. The predicted octanol–water partition coefficient (Wildman–Crippen LogP) is 0.735. The van der Waals surface area contributed by atoms with E-state index in [9.17, 15) is 9.59 Å². The maximum absolute atomic E-state index is 11.4. The highest BCUT2D eigenvalue weighted by molar-refractivity contribution is 7.99. The number of aliphatic carboxylic acids is 1. The molecule has 0 aromatic rings. The summed E-state index contributed by atoms with van der Waals surface area (Å²) in [6.07, 6.45) is 1.19. The van der Waals surface area contributed by atoms with E-state index >= 15 is 0 Å². The minimum atomic E-state index is -0.975. The van der Waals surface area contributed by atoms with E-state index in [0.29, 0.717) is 13.0 Å². The highest BCUT2D eigenvalue weighted by atomic mass is 32.2. The molecule has 1 unspecified atom stereocenters. The summed E-state index contributed by atoms with van der Waals surface area (Å²) in [7, 11) is 1.60. The van der Waals surface area contributed by atoms with Gasteiger partial charge in [0.25, 0.3) is 0 Å². The van der Waals surface area contributed by atoms with Crippen LogP contribution < -0.4 is 5.32 Å². The highest BCUT2D eigenvalue weighted by Crippen LogP contribution is 2.01. The van der Waals surface area contributed by atoms with E-state index in [2.05, 4.69) is 5.32 Å². The Kier molecular flexibility index (Phi) is 9.03. The molecule has 16 heavy (non-hydrogen) atoms. The summed E-state index contributed by atoms with van der Waals surface area (Å²) in [6, 6.07) is -0.763. The van der Waals surface area contributed by atoms with Gasteiger partial charge in [-0.2, -0.15) is 0 Å². The fourth-order valence-corrected chi connectivity index (χ4v) is 1.79. The molecule has 1 atom stereocenters. The monoisotopic (exact) mass is 249 g/mol. The first kappa shape index (κ1) is 15.2. The van der Waals surface area contributed by atoms with Crippen molar-refractivity contribution in [1.29, 1.82) is 0 Å². The molecule has 5 nitrogen and oxygen atoms in total. The van der Waals surface area contributed by atoms with Gasteiger partial charge >= 0.3 is 5.97 Å². The van der Waals surface area contributed by atoms with Gasteiger partial charge in [-0.3, -0.25) is 4.79 Å². The molecule has 0 aromatic heterocycles. The van der Waals surface area contributed by atoms with Gasteiger partial charge < -0.3 is 15.2 Å². The van der Waals surface area contributed by atoms with Gasteiger partial charge in [-0.1, -0.05) is 13.3 Å². The van der Waals surface area contributed by atoms with Gasteiger partial charge in [0, 0.05) is 12.9 Å². The zero-order valence-corrected chi connectivity index (χ0v) is 10.5. The first-order valence-electron chi connectivity index (χ1n) is 5.20. The Labute approximate surface area is 99.9 Å². The zero-order chi connectivity index (χ0) is 12.4. The molecule has 1 amide bonds. The van der Waals surface area contributed by atoms with Gasteiger partial charge in [0.05, 0.1) is 12.4 Å². The standard InChI is InChI=1S/C10H19NO4S/c1-3-4-8(10(13)14)11-9(12)7-16-6-5-15-2/h8H,3-7H2,1-2H3,(H,11,12)(H,13,14). The van der Waals surface area contributed by atoms with Gasteiger partial charge in [0.15, 0.2) is 0 Å². The fourth-order valence-electron chi connectivity index (χ4n) is 1.09. The molecule has 0 aliphatic rings. The van der Waals surface area contributed by atoms with Crippen molar-refractivity contribution in [3.8, 4) is 0 Å². The smallest absolute Gasteiger partial charge is 0.326 e. The average molecular weight is 249 g/mol. The molecular formula is C10H19NO4S. The van der Waals surface area contributed by atoms with Crippen molar-refractivity contribution in [2.24, 2.45) is 0 Å². The molecular weight excluding hydrogens is 230 g/mol. The number of amides is 1. The molecule has 0 radical (unpaired) electrons. The molecule has 94 valence electrons. The van der Waals surface area contributed by atoms with Gasteiger partial charge in [-0.25, -0.2) is 4.79 Å². The molecule has 0 bridgehead atoms. The van der Waals surface area contributed by atoms with Crippen LogP contribution in [-0.4, -0.2) is 48.2 Å². The molecule has 0 heterocycles. The van der Waals surface area contributed by atoms with E-state index in [4.69, 9.17) is 9.84 Å². The number of thioether (sulfide) groups is 1. The second kappa shape index (κ2) is 9.47. The lowest BCUT2D eigenvalue weighted by Crippen LogP contribution is -2.41. The van der Waals surface area contributed by atoms with Crippen LogP contribution in [0, 0.1) is 0 Å². The average Bonchev–Trinajstić information content (AvgIpc) is 2.23. The summed E-state index contributed by atoms with van der Waals surface area (Å²) < 4.78 is 4.83. The Morgan fingerprint density at radius 2 is 2.19 bits per heavy atom. The van der Waals surface area contributed by atoms with E-state index in [1.165, 1.54) is 11.8 Å². The summed E-state index contributed by atoms with van der Waals surface area (Å²) in [4.78, 5) is 22.1. The third kappa shape index (κ3) is 7.53. The van der Waals surface area contributed by atoms with Crippen LogP contribution in [0.3, 0.4) is 0 Å². The number of rotatable bonds is 9. The summed E-state index contributed by atoms with van der Waals surface area (Å²) in [6.45, 7) is 2.48. The number of ether oxygens (including phenoxy) is 1. The van der Waals surface area contributed by atoms with Crippen LogP contribution in [0.1, 0.15) is 19.8 Å². The second-order valence-corrected chi connectivity index (χ2v) is 4.40. The number of methoxy groups -OCH3 is 1. The normalized spacial score (nSPS) is 12.1. The van der Waals surface area contributed by atoms with Crippen molar-refractivity contribution >= 4 is 23.6 Å². The lowest BCUT2D eigenvalue weighted by molar-refractivity contribution is -0.141. The van der Waals surface area contributed by atoms with Crippen LogP contribution in [0.2, 0.25) is 0 Å².